The van der Waals surface area contributed by atoms with Crippen LogP contribution in [0.3, 0.4) is 0 Å². The molecule has 2 aromatic carbocycles. The zero-order chi connectivity index (χ0) is 34.1. The zero-order valence-electron chi connectivity index (χ0n) is 26.9. The second-order valence-electron chi connectivity index (χ2n) is 12.4. The molecule has 12 nitrogen and oxygen atoms in total. The van der Waals surface area contributed by atoms with Crippen LogP contribution in [-0.2, 0) is 14.4 Å². The number of benzene rings is 2. The molecule has 1 atom stereocenters. The van der Waals surface area contributed by atoms with E-state index in [1.807, 2.05) is 36.6 Å². The van der Waals surface area contributed by atoms with Gasteiger partial charge >= 0.3 is 190 Å². The van der Waals surface area contributed by atoms with Crippen molar-refractivity contribution in [2.75, 3.05) is 56.0 Å². The van der Waals surface area contributed by atoms with Crippen LogP contribution in [0.4, 0.5) is 15.9 Å². The molecule has 5 aromatic rings. The third-order valence-electron chi connectivity index (χ3n) is 9.43. The monoisotopic (exact) mass is 851 g/mol. The van der Waals surface area contributed by atoms with Crippen LogP contribution in [0.25, 0.3) is 33.5 Å². The molecule has 5 heterocycles. The summed E-state index contributed by atoms with van der Waals surface area (Å²) in [6.07, 6.45) is 5.48. The number of anilines is 2. The number of pyridine rings is 1. The number of halogens is 1. The molecule has 2 saturated heterocycles. The van der Waals surface area contributed by atoms with Crippen molar-refractivity contribution in [2.45, 2.75) is 13.3 Å². The van der Waals surface area contributed by atoms with E-state index in [1.54, 1.807) is 42.9 Å². The molecule has 7 rings (SSSR count). The van der Waals surface area contributed by atoms with Gasteiger partial charge in [-0.1, -0.05) is 0 Å². The zero-order valence-corrected chi connectivity index (χ0v) is 31.4. The summed E-state index contributed by atoms with van der Waals surface area (Å²) in [7, 11) is 0. The Morgan fingerprint density at radius 1 is 0.918 bits per heavy atom. The number of aromatic nitrogens is 5. The van der Waals surface area contributed by atoms with Crippen molar-refractivity contribution in [3.63, 3.8) is 0 Å². The molecule has 0 spiro atoms. The van der Waals surface area contributed by atoms with Gasteiger partial charge in [0, 0.05) is 50.3 Å². The Kier molecular flexibility index (Phi) is 9.20. The molecule has 0 aliphatic carbocycles. The van der Waals surface area contributed by atoms with Crippen LogP contribution in [0.1, 0.15) is 13.3 Å². The second-order valence-corrected chi connectivity index (χ2v) is 14.3. The van der Waals surface area contributed by atoms with Gasteiger partial charge in [0.2, 0.25) is 0 Å². The molecule has 246 valence electrons. The maximum absolute atomic E-state index is 13.8. The number of fused-ring (bicyclic) bond motifs is 1. The Bertz CT molecular complexity index is 2020. The van der Waals surface area contributed by atoms with Gasteiger partial charge in [-0.15, -0.1) is 0 Å². The van der Waals surface area contributed by atoms with Crippen molar-refractivity contribution in [2.24, 2.45) is 5.41 Å². The van der Waals surface area contributed by atoms with E-state index in [0.717, 1.165) is 27.8 Å². The van der Waals surface area contributed by atoms with Crippen molar-refractivity contribution >= 4 is 66.1 Å². The first kappa shape index (κ1) is 32.9. The first-order valence-corrected chi connectivity index (χ1v) is 18.1. The molecule has 2 aliphatic rings. The first-order chi connectivity index (χ1) is 23.7. The number of likely N-dealkylation sites (tertiary alicyclic amines) is 1. The summed E-state index contributed by atoms with van der Waals surface area (Å²) in [4.78, 5) is 59.2. The molecule has 2 amide bonds. The van der Waals surface area contributed by atoms with Crippen LogP contribution in [0.5, 0.6) is 0 Å². The molecule has 2 fully saturated rings. The van der Waals surface area contributed by atoms with Crippen molar-refractivity contribution in [1.82, 2.24) is 32.3 Å². The van der Waals surface area contributed by atoms with Crippen LogP contribution in [-0.4, -0.2) is 122 Å². The normalized spacial score (nSPS) is 18.1. The van der Waals surface area contributed by atoms with E-state index in [0.29, 0.717) is 82.4 Å². The Morgan fingerprint density at radius 2 is 1.65 bits per heavy atom. The summed E-state index contributed by atoms with van der Waals surface area (Å²) in [5.74, 6) is 0.489. The van der Waals surface area contributed by atoms with Gasteiger partial charge in [-0.2, -0.15) is 0 Å². The number of carbonyl (C=O) groups excluding carboxylic acids is 3. The summed E-state index contributed by atoms with van der Waals surface area (Å²) in [6.45, 7) is 4.61. The summed E-state index contributed by atoms with van der Waals surface area (Å²) in [6, 6.07) is 17.4. The van der Waals surface area contributed by atoms with E-state index in [4.69, 9.17) is 0 Å². The average Bonchev–Trinajstić information content (AvgIpc) is 3.71. The fraction of sp³-hybridized carbons (Fsp3) is 0.286. The second kappa shape index (κ2) is 13.7. The Labute approximate surface area is 298 Å². The van der Waals surface area contributed by atoms with Gasteiger partial charge in [0.05, 0.1) is 0 Å². The summed E-state index contributed by atoms with van der Waals surface area (Å²) in [5, 5.41) is 8.50. The molecule has 14 heteroatoms. The van der Waals surface area contributed by atoms with Gasteiger partial charge in [-0.05, 0) is 18.2 Å². The molecule has 3 aromatic heterocycles. The van der Waals surface area contributed by atoms with E-state index in [9.17, 15) is 18.8 Å². The number of nitrogens with zero attached hydrogens (tertiary/aromatic N) is 8. The molecule has 0 saturated carbocycles. The number of hydrogen-bond acceptors (Lipinski definition) is 9. The maximum atomic E-state index is 13.8. The first-order valence-electron chi connectivity index (χ1n) is 16.0. The predicted molar refractivity (Wildman–Crippen MR) is 183 cm³/mol. The van der Waals surface area contributed by atoms with E-state index in [1.165, 1.54) is 19.1 Å². The van der Waals surface area contributed by atoms with Gasteiger partial charge in [0.1, 0.15) is 5.82 Å². The average molecular weight is 851 g/mol. The Morgan fingerprint density at radius 3 is 2.35 bits per heavy atom. The number of nitrogens with one attached hydrogen (secondary N) is 1. The van der Waals surface area contributed by atoms with Gasteiger partial charge in [0.15, 0.2) is 5.82 Å². The number of carbonyl (C=O) groups is 3. The number of Topliss-reactive ketones (excluding diaryl/α,β-unsaturated/α-hetero) is 1. The van der Waals surface area contributed by atoms with Crippen molar-refractivity contribution < 1.29 is 18.8 Å². The number of hydrogen-bond donors (Lipinski definition) is 1. The standard InChI is InChI=1S/C35H34FN9O3.Tl/c1-23(46)35(34(48)40-27-8-9-29-28(19-27)32(42-41-29)24-3-6-26(36)7-4-24)11-14-43(22-35)21-31(47)45-17-15-44(16-18-45)30-10-5-25(20-39-30)33-37-12-2-13-38-33;/h2-10,12-13,19-20H,11,14-18,21-22H2,1H3,(H2,40,41,42,48);/q;+1/p-1. The molecule has 0 radical (unpaired) electrons. The fourth-order valence-corrected chi connectivity index (χ4v) is 7.90. The van der Waals surface area contributed by atoms with Crippen LogP contribution in [0.2, 0.25) is 0 Å². The van der Waals surface area contributed by atoms with Crippen LogP contribution >= 0.6 is 0 Å². The van der Waals surface area contributed by atoms with Gasteiger partial charge < -0.3 is 9.80 Å². The molecule has 1 N–H and O–H groups in total. The minimum absolute atomic E-state index is 0.0245. The van der Waals surface area contributed by atoms with Crippen molar-refractivity contribution in [1.29, 1.82) is 0 Å². The Balaban J connectivity index is 0.970. The molecule has 49 heavy (non-hydrogen) atoms. The third-order valence-corrected chi connectivity index (χ3v) is 11.0. The van der Waals surface area contributed by atoms with Crippen LogP contribution in [0.15, 0.2) is 79.3 Å². The Hall–Kier alpha value is -4.64. The molecule has 2 aliphatic heterocycles. The third kappa shape index (κ3) is 6.68. The fourth-order valence-electron chi connectivity index (χ4n) is 6.58. The van der Waals surface area contributed by atoms with Gasteiger partial charge in [-0.25, -0.2) is 15.0 Å². The summed E-state index contributed by atoms with van der Waals surface area (Å²) >= 11 is 0.407. The molecular formula is C35H33FN9O3Tl. The molecule has 0 bridgehead atoms. The van der Waals surface area contributed by atoms with E-state index in [-0.39, 0.29) is 36.5 Å². The summed E-state index contributed by atoms with van der Waals surface area (Å²) in [5.41, 5.74) is 2.52. The number of amides is 2. The quantitative estimate of drug-likeness (QED) is 0.185. The van der Waals surface area contributed by atoms with Gasteiger partial charge in [0.25, 0.3) is 0 Å². The van der Waals surface area contributed by atoms with E-state index >= 15 is 0 Å². The van der Waals surface area contributed by atoms with Crippen LogP contribution in [0, 0.1) is 11.2 Å². The summed E-state index contributed by atoms with van der Waals surface area (Å²) < 4.78 is 15.5. The van der Waals surface area contributed by atoms with Crippen molar-refractivity contribution in [3.05, 3.63) is 85.1 Å². The number of piperazine rings is 1. The molecule has 1 unspecified atom stereocenters. The van der Waals surface area contributed by atoms with Crippen LogP contribution < -0.4 is 10.2 Å². The van der Waals surface area contributed by atoms with E-state index < -0.39 is 5.41 Å². The van der Waals surface area contributed by atoms with Gasteiger partial charge in [-0.3, -0.25) is 4.79 Å². The topological polar surface area (TPSA) is 129 Å². The molecular weight excluding hydrogens is 818 g/mol. The van der Waals surface area contributed by atoms with E-state index in [2.05, 4.69) is 30.3 Å². The predicted octanol–water partition coefficient (Wildman–Crippen LogP) is 3.19. The number of rotatable bonds is 8. The van der Waals surface area contributed by atoms with Crippen molar-refractivity contribution in [3.8, 4) is 22.6 Å². The SMILES string of the molecule is CC(=O)C1(C(=O)Nc2ccc3c(c2)c(-c2ccc(F)cc2)n[n]3[Tl])CCN(CC(=O)N2CCN(c3ccc(-c4ncccn4)cn3)CC2)C1. The number of ketones is 1. The minimum atomic E-state index is -1.26.